The first-order valence-electron chi connectivity index (χ1n) is 11.8. The lowest BCUT2D eigenvalue weighted by Gasteiger charge is -2.57. The minimum atomic E-state index is -1.49. The maximum atomic E-state index is 14.1. The lowest BCUT2D eigenvalue weighted by atomic mass is 9.42. The van der Waals surface area contributed by atoms with Crippen molar-refractivity contribution in [1.82, 2.24) is 0 Å². The number of fused-ring (bicyclic) bond motifs is 2. The van der Waals surface area contributed by atoms with Gasteiger partial charge in [0.1, 0.15) is 11.7 Å². The zero-order chi connectivity index (χ0) is 22.9. The number of carboxylic acids is 1. The van der Waals surface area contributed by atoms with E-state index in [1.165, 1.54) is 0 Å². The Morgan fingerprint density at radius 1 is 1.16 bits per heavy atom. The molecular weight excluding hydrogens is 400 g/mol. The highest BCUT2D eigenvalue weighted by molar-refractivity contribution is 6.08. The Kier molecular flexibility index (Phi) is 4.58. The molecule has 0 aliphatic heterocycles. The van der Waals surface area contributed by atoms with Crippen molar-refractivity contribution in [3.05, 3.63) is 47.5 Å². The monoisotopic (exact) mass is 430 g/mol. The molecule has 1 N–H and O–H groups in total. The SMILES string of the molecule is CC(C)C1=CC2CC3(C=O)[C@@H]4CC[C@@H](C)[C@H]4CC2(C(=O)C#Cc2ccccc2)[C@]13C(=O)O. The highest BCUT2D eigenvalue weighted by Gasteiger charge is 2.86. The molecular formula is C28H30O4. The Hall–Kier alpha value is -2.67. The number of hydrogen-bond acceptors (Lipinski definition) is 3. The lowest BCUT2D eigenvalue weighted by molar-refractivity contribution is -0.181. The first-order chi connectivity index (χ1) is 15.3. The second kappa shape index (κ2) is 6.91. The standard InChI is InChI=1S/C28H30O4/c1-17(2)23-13-20-14-26(16-29)22-11-9-18(3)21(22)15-27(20,28(23,26)25(31)32)24(30)12-10-19-7-5-4-6-8-19/h4-8,13,16-18,20-22H,9,11,14-15H2,1-3H3,(H,31,32)/t18-,20?,21-,22-,26?,27?,28+/m1/s1. The van der Waals surface area contributed by atoms with E-state index in [1.54, 1.807) is 0 Å². The van der Waals surface area contributed by atoms with Crippen LogP contribution in [0.2, 0.25) is 0 Å². The van der Waals surface area contributed by atoms with E-state index >= 15 is 0 Å². The number of benzene rings is 1. The smallest absolute Gasteiger partial charge is 0.315 e. The fraction of sp³-hybridized carbons (Fsp3) is 0.536. The molecule has 4 bridgehead atoms. The number of rotatable bonds is 4. The molecule has 4 heteroatoms. The van der Waals surface area contributed by atoms with Crippen LogP contribution >= 0.6 is 0 Å². The first-order valence-corrected chi connectivity index (χ1v) is 11.8. The number of allylic oxidation sites excluding steroid dienone is 1. The summed E-state index contributed by atoms with van der Waals surface area (Å²) in [6, 6.07) is 9.32. The molecule has 5 rings (SSSR count). The van der Waals surface area contributed by atoms with Gasteiger partial charge in [0.2, 0.25) is 5.78 Å². The van der Waals surface area contributed by atoms with Crippen molar-refractivity contribution in [3.8, 4) is 11.8 Å². The maximum Gasteiger partial charge on any atom is 0.315 e. The highest BCUT2D eigenvalue weighted by Crippen LogP contribution is 2.82. The fourth-order valence-electron chi connectivity index (χ4n) is 8.37. The average molecular weight is 431 g/mol. The largest absolute Gasteiger partial charge is 0.481 e. The molecule has 0 spiro atoms. The number of carbonyl (C=O) groups excluding carboxylic acids is 2. The van der Waals surface area contributed by atoms with Crippen LogP contribution in [0.4, 0.5) is 0 Å². The van der Waals surface area contributed by atoms with Gasteiger partial charge in [-0.3, -0.25) is 9.59 Å². The summed E-state index contributed by atoms with van der Waals surface area (Å²) in [5, 5.41) is 10.9. The summed E-state index contributed by atoms with van der Waals surface area (Å²) >= 11 is 0. The molecule has 0 aromatic heterocycles. The Bertz CT molecular complexity index is 1090. The number of aldehydes is 1. The van der Waals surface area contributed by atoms with E-state index in [0.29, 0.717) is 18.8 Å². The Morgan fingerprint density at radius 2 is 1.88 bits per heavy atom. The summed E-state index contributed by atoms with van der Waals surface area (Å²) in [5.74, 6) is 4.79. The van der Waals surface area contributed by atoms with E-state index in [2.05, 4.69) is 18.8 Å². The average Bonchev–Trinajstić information content (AvgIpc) is 3.36. The van der Waals surface area contributed by atoms with Crippen molar-refractivity contribution in [1.29, 1.82) is 0 Å². The molecule has 4 aliphatic rings. The first kappa shape index (κ1) is 21.2. The number of aliphatic carboxylic acids is 1. The van der Waals surface area contributed by atoms with Crippen LogP contribution in [-0.2, 0) is 14.4 Å². The minimum absolute atomic E-state index is 0.0153. The number of hydrogen-bond donors (Lipinski definition) is 1. The van der Waals surface area contributed by atoms with E-state index in [1.807, 2.05) is 50.3 Å². The summed E-state index contributed by atoms with van der Waals surface area (Å²) in [4.78, 5) is 40.3. The van der Waals surface area contributed by atoms with E-state index in [-0.39, 0.29) is 29.5 Å². The van der Waals surface area contributed by atoms with Gasteiger partial charge in [-0.05, 0) is 66.9 Å². The molecule has 3 unspecified atom stereocenters. The minimum Gasteiger partial charge on any atom is -0.481 e. The van der Waals surface area contributed by atoms with E-state index in [0.717, 1.165) is 30.3 Å². The Balaban J connectivity index is 1.75. The third-order valence-corrected chi connectivity index (χ3v) is 9.42. The van der Waals surface area contributed by atoms with Crippen LogP contribution in [0.5, 0.6) is 0 Å². The second-order valence-corrected chi connectivity index (χ2v) is 10.7. The summed E-state index contributed by atoms with van der Waals surface area (Å²) in [7, 11) is 0. The summed E-state index contributed by atoms with van der Waals surface area (Å²) in [6.45, 7) is 6.15. The highest BCUT2D eigenvalue weighted by atomic mass is 16.4. The topological polar surface area (TPSA) is 71.4 Å². The van der Waals surface area contributed by atoms with Crippen molar-refractivity contribution < 1.29 is 19.5 Å². The number of carbonyl (C=O) groups is 3. The Labute approximate surface area is 189 Å². The van der Waals surface area contributed by atoms with Gasteiger partial charge in [0.15, 0.2) is 0 Å². The third kappa shape index (κ3) is 2.22. The lowest BCUT2D eigenvalue weighted by Crippen LogP contribution is -2.64. The summed E-state index contributed by atoms with van der Waals surface area (Å²) in [5.41, 5.74) is -2.19. The quantitative estimate of drug-likeness (QED) is 0.433. The molecule has 166 valence electrons. The van der Waals surface area contributed by atoms with Crippen molar-refractivity contribution in [2.75, 3.05) is 0 Å². The van der Waals surface area contributed by atoms with Gasteiger partial charge >= 0.3 is 5.97 Å². The molecule has 4 nitrogen and oxygen atoms in total. The zero-order valence-corrected chi connectivity index (χ0v) is 18.9. The van der Waals surface area contributed by atoms with Gasteiger partial charge in [-0.15, -0.1) is 0 Å². The maximum absolute atomic E-state index is 14.1. The number of carboxylic acid groups (broad SMARTS) is 1. The van der Waals surface area contributed by atoms with Crippen LogP contribution < -0.4 is 0 Å². The molecule has 32 heavy (non-hydrogen) atoms. The summed E-state index contributed by atoms with van der Waals surface area (Å²) in [6.07, 6.45) is 5.78. The van der Waals surface area contributed by atoms with Crippen LogP contribution in [0.3, 0.4) is 0 Å². The summed E-state index contributed by atoms with van der Waals surface area (Å²) < 4.78 is 0. The molecule has 3 saturated carbocycles. The molecule has 0 radical (unpaired) electrons. The van der Waals surface area contributed by atoms with Crippen molar-refractivity contribution in [2.45, 2.75) is 46.5 Å². The molecule has 1 aromatic carbocycles. The van der Waals surface area contributed by atoms with Crippen molar-refractivity contribution in [2.24, 2.45) is 45.8 Å². The normalized spacial score (nSPS) is 40.9. The molecule has 4 aliphatic carbocycles. The van der Waals surface area contributed by atoms with Crippen LogP contribution in [0, 0.1) is 57.7 Å². The zero-order valence-electron chi connectivity index (χ0n) is 18.9. The molecule has 0 saturated heterocycles. The number of Topliss-reactive ketones (excluding diaryl/α,β-unsaturated/α-hetero) is 1. The van der Waals surface area contributed by atoms with Crippen LogP contribution in [0.15, 0.2) is 42.0 Å². The van der Waals surface area contributed by atoms with E-state index < -0.39 is 22.2 Å². The van der Waals surface area contributed by atoms with Gasteiger partial charge in [0, 0.05) is 5.56 Å². The molecule has 1 aromatic rings. The fourth-order valence-corrected chi connectivity index (χ4v) is 8.37. The van der Waals surface area contributed by atoms with E-state index in [4.69, 9.17) is 0 Å². The van der Waals surface area contributed by atoms with Gasteiger partial charge < -0.3 is 9.90 Å². The van der Waals surface area contributed by atoms with Gasteiger partial charge in [0.05, 0.1) is 10.8 Å². The van der Waals surface area contributed by atoms with Gasteiger partial charge in [-0.2, -0.15) is 0 Å². The molecule has 7 atom stereocenters. The number of ketones is 1. The predicted molar refractivity (Wildman–Crippen MR) is 120 cm³/mol. The van der Waals surface area contributed by atoms with Crippen molar-refractivity contribution in [3.63, 3.8) is 0 Å². The van der Waals surface area contributed by atoms with Crippen molar-refractivity contribution >= 4 is 18.0 Å². The molecule has 3 fully saturated rings. The van der Waals surface area contributed by atoms with E-state index in [9.17, 15) is 19.5 Å². The predicted octanol–water partition coefficient (Wildman–Crippen LogP) is 4.53. The van der Waals surface area contributed by atoms with Crippen LogP contribution in [0.25, 0.3) is 0 Å². The van der Waals surface area contributed by atoms with Gasteiger partial charge in [-0.1, -0.05) is 63.0 Å². The molecule has 0 amide bonds. The Morgan fingerprint density at radius 3 is 2.50 bits per heavy atom. The van der Waals surface area contributed by atoms with Gasteiger partial charge in [-0.25, -0.2) is 0 Å². The van der Waals surface area contributed by atoms with Gasteiger partial charge in [0.25, 0.3) is 0 Å². The van der Waals surface area contributed by atoms with Crippen LogP contribution in [-0.4, -0.2) is 23.1 Å². The molecule has 0 heterocycles. The van der Waals surface area contributed by atoms with Crippen LogP contribution in [0.1, 0.15) is 52.0 Å². The second-order valence-electron chi connectivity index (χ2n) is 10.7. The third-order valence-electron chi connectivity index (χ3n) is 9.42.